The van der Waals surface area contributed by atoms with Gasteiger partial charge in [-0.2, -0.15) is 5.10 Å². The van der Waals surface area contributed by atoms with E-state index in [0.717, 1.165) is 5.56 Å². The number of hydrogen-bond donors (Lipinski definition) is 1. The normalized spacial score (nSPS) is 11.1. The zero-order chi connectivity index (χ0) is 13.0. The zero-order valence-corrected chi connectivity index (χ0v) is 10.1. The summed E-state index contributed by atoms with van der Waals surface area (Å²) in [5.41, 5.74) is 1.50. The van der Waals surface area contributed by atoms with Crippen LogP contribution in [-0.2, 0) is 13.1 Å². The van der Waals surface area contributed by atoms with E-state index in [4.69, 9.17) is 0 Å². The van der Waals surface area contributed by atoms with Crippen LogP contribution in [-0.4, -0.2) is 16.8 Å². The van der Waals surface area contributed by atoms with E-state index in [-0.39, 0.29) is 5.69 Å². The summed E-state index contributed by atoms with van der Waals surface area (Å²) in [6, 6.07) is 9.46. The Labute approximate surface area is 104 Å². The lowest BCUT2D eigenvalue weighted by Crippen LogP contribution is -2.11. The molecule has 0 aliphatic heterocycles. The van der Waals surface area contributed by atoms with E-state index in [1.54, 1.807) is 7.05 Å². The maximum Gasteiger partial charge on any atom is 0.280 e. The van der Waals surface area contributed by atoms with E-state index in [2.05, 4.69) is 10.4 Å². The maximum atomic E-state index is 13.1. The number of nitrogens with one attached hydrogen (secondary N) is 1. The monoisotopic (exact) mass is 251 g/mol. The van der Waals surface area contributed by atoms with E-state index in [1.807, 2.05) is 30.3 Å². The quantitative estimate of drug-likeness (QED) is 0.885. The molecule has 1 heterocycles. The lowest BCUT2D eigenvalue weighted by atomic mass is 10.2. The van der Waals surface area contributed by atoms with Crippen molar-refractivity contribution in [2.75, 3.05) is 7.05 Å². The highest BCUT2D eigenvalue weighted by Crippen LogP contribution is 2.23. The second-order valence-electron chi connectivity index (χ2n) is 4.03. The second kappa shape index (κ2) is 5.73. The molecule has 0 bridgehead atoms. The van der Waals surface area contributed by atoms with Crippen molar-refractivity contribution in [3.8, 4) is 0 Å². The zero-order valence-electron chi connectivity index (χ0n) is 10.1. The van der Waals surface area contributed by atoms with E-state index < -0.39 is 6.43 Å². The van der Waals surface area contributed by atoms with Gasteiger partial charge in [0, 0.05) is 12.1 Å². The van der Waals surface area contributed by atoms with Crippen LogP contribution in [0.3, 0.4) is 0 Å². The molecule has 5 heteroatoms. The fourth-order valence-electron chi connectivity index (χ4n) is 1.90. The molecule has 2 rings (SSSR count). The Balaban J connectivity index is 2.28. The Bertz CT molecular complexity index is 494. The summed E-state index contributed by atoms with van der Waals surface area (Å²) in [5, 5.41) is 6.92. The van der Waals surface area contributed by atoms with Crippen molar-refractivity contribution < 1.29 is 8.78 Å². The van der Waals surface area contributed by atoms with Crippen LogP contribution in [0.25, 0.3) is 0 Å². The average molecular weight is 251 g/mol. The van der Waals surface area contributed by atoms with Crippen LogP contribution in [0, 0.1) is 0 Å². The molecule has 1 aromatic carbocycles. The predicted octanol–water partition coefficient (Wildman–Crippen LogP) is 2.59. The minimum atomic E-state index is -2.51. The number of nitrogens with zero attached hydrogens (tertiary/aromatic N) is 2. The van der Waals surface area contributed by atoms with E-state index in [9.17, 15) is 8.78 Å². The van der Waals surface area contributed by atoms with Crippen LogP contribution < -0.4 is 5.32 Å². The average Bonchev–Trinajstić information content (AvgIpc) is 2.74. The molecule has 18 heavy (non-hydrogen) atoms. The minimum Gasteiger partial charge on any atom is -0.316 e. The standard InChI is InChI=1S/C13H15F2N3/c1-16-7-11-8-17-18(12(11)13(14)15)9-10-5-3-2-4-6-10/h2-6,8,13,16H,7,9H2,1H3. The van der Waals surface area contributed by atoms with E-state index in [0.29, 0.717) is 18.7 Å². The second-order valence-corrected chi connectivity index (χ2v) is 4.03. The van der Waals surface area contributed by atoms with Gasteiger partial charge in [0.1, 0.15) is 5.69 Å². The molecule has 96 valence electrons. The van der Waals surface area contributed by atoms with Crippen LogP contribution >= 0.6 is 0 Å². The lowest BCUT2D eigenvalue weighted by Gasteiger charge is -2.09. The first-order valence-electron chi connectivity index (χ1n) is 5.73. The molecular weight excluding hydrogens is 236 g/mol. The third-order valence-electron chi connectivity index (χ3n) is 2.71. The molecule has 2 aromatic rings. The summed E-state index contributed by atoms with van der Waals surface area (Å²) >= 11 is 0. The molecule has 0 unspecified atom stereocenters. The Morgan fingerprint density at radius 1 is 1.28 bits per heavy atom. The summed E-state index contributed by atoms with van der Waals surface area (Å²) in [6.45, 7) is 0.763. The summed E-state index contributed by atoms with van der Waals surface area (Å²) in [5.74, 6) is 0. The number of benzene rings is 1. The molecule has 0 amide bonds. The SMILES string of the molecule is CNCc1cnn(Cc2ccccc2)c1C(F)F. The third-order valence-corrected chi connectivity index (χ3v) is 2.71. The maximum absolute atomic E-state index is 13.1. The molecule has 0 saturated carbocycles. The molecule has 0 atom stereocenters. The highest BCUT2D eigenvalue weighted by atomic mass is 19.3. The van der Waals surface area contributed by atoms with E-state index in [1.165, 1.54) is 10.9 Å². The molecule has 0 spiro atoms. The van der Waals surface area contributed by atoms with Gasteiger partial charge in [-0.1, -0.05) is 30.3 Å². The van der Waals surface area contributed by atoms with Crippen molar-refractivity contribution in [1.82, 2.24) is 15.1 Å². The molecule has 0 fully saturated rings. The highest BCUT2D eigenvalue weighted by molar-refractivity contribution is 5.21. The van der Waals surface area contributed by atoms with Crippen molar-refractivity contribution in [1.29, 1.82) is 0 Å². The molecule has 0 saturated heterocycles. The minimum absolute atomic E-state index is 0.00629. The van der Waals surface area contributed by atoms with Crippen molar-refractivity contribution in [2.24, 2.45) is 0 Å². The number of hydrogen-bond acceptors (Lipinski definition) is 2. The number of rotatable bonds is 5. The number of aromatic nitrogens is 2. The Hall–Kier alpha value is -1.75. The van der Waals surface area contributed by atoms with Gasteiger partial charge >= 0.3 is 0 Å². The first-order chi connectivity index (χ1) is 8.72. The first kappa shape index (κ1) is 12.7. The van der Waals surface area contributed by atoms with Gasteiger partial charge < -0.3 is 5.32 Å². The van der Waals surface area contributed by atoms with Crippen molar-refractivity contribution in [3.05, 3.63) is 53.3 Å². The molecule has 0 aliphatic rings. The Morgan fingerprint density at radius 3 is 2.61 bits per heavy atom. The third kappa shape index (κ3) is 2.73. The summed E-state index contributed by atoms with van der Waals surface area (Å²) in [4.78, 5) is 0. The fourth-order valence-corrected chi connectivity index (χ4v) is 1.90. The van der Waals surface area contributed by atoms with Gasteiger partial charge in [0.15, 0.2) is 0 Å². The number of halogens is 2. The highest BCUT2D eigenvalue weighted by Gasteiger charge is 2.19. The molecular formula is C13H15F2N3. The van der Waals surface area contributed by atoms with Gasteiger partial charge in [-0.25, -0.2) is 8.78 Å². The van der Waals surface area contributed by atoms with Gasteiger partial charge in [0.05, 0.1) is 12.7 Å². The molecule has 0 radical (unpaired) electrons. The Kier molecular flexibility index (Phi) is 4.04. The number of alkyl halides is 2. The lowest BCUT2D eigenvalue weighted by molar-refractivity contribution is 0.138. The van der Waals surface area contributed by atoms with Crippen LogP contribution in [0.1, 0.15) is 23.2 Å². The van der Waals surface area contributed by atoms with Gasteiger partial charge in [-0.05, 0) is 12.6 Å². The Morgan fingerprint density at radius 2 is 2.00 bits per heavy atom. The molecule has 1 aromatic heterocycles. The molecule has 0 aliphatic carbocycles. The van der Waals surface area contributed by atoms with Gasteiger partial charge in [0.25, 0.3) is 6.43 Å². The topological polar surface area (TPSA) is 29.9 Å². The van der Waals surface area contributed by atoms with Crippen molar-refractivity contribution in [3.63, 3.8) is 0 Å². The largest absolute Gasteiger partial charge is 0.316 e. The van der Waals surface area contributed by atoms with Crippen molar-refractivity contribution >= 4 is 0 Å². The van der Waals surface area contributed by atoms with Crippen LogP contribution in [0.4, 0.5) is 8.78 Å². The van der Waals surface area contributed by atoms with Crippen LogP contribution in [0.2, 0.25) is 0 Å². The smallest absolute Gasteiger partial charge is 0.280 e. The summed E-state index contributed by atoms with van der Waals surface area (Å²) < 4.78 is 27.5. The van der Waals surface area contributed by atoms with E-state index >= 15 is 0 Å². The molecule has 3 nitrogen and oxygen atoms in total. The molecule has 1 N–H and O–H groups in total. The van der Waals surface area contributed by atoms with Gasteiger partial charge in [-0.15, -0.1) is 0 Å². The van der Waals surface area contributed by atoms with Crippen molar-refractivity contribution in [2.45, 2.75) is 19.5 Å². The van der Waals surface area contributed by atoms with Crippen LogP contribution in [0.5, 0.6) is 0 Å². The van der Waals surface area contributed by atoms with Crippen LogP contribution in [0.15, 0.2) is 36.5 Å². The van der Waals surface area contributed by atoms with Gasteiger partial charge in [-0.3, -0.25) is 4.68 Å². The fraction of sp³-hybridized carbons (Fsp3) is 0.308. The predicted molar refractivity (Wildman–Crippen MR) is 65.5 cm³/mol. The summed E-state index contributed by atoms with van der Waals surface area (Å²) in [6.07, 6.45) is -1.01. The summed E-state index contributed by atoms with van der Waals surface area (Å²) in [7, 11) is 1.73. The van der Waals surface area contributed by atoms with Gasteiger partial charge in [0.2, 0.25) is 0 Å². The first-order valence-corrected chi connectivity index (χ1v) is 5.73.